The van der Waals surface area contributed by atoms with Crippen molar-refractivity contribution in [1.82, 2.24) is 5.32 Å². The lowest BCUT2D eigenvalue weighted by Gasteiger charge is -2.02. The van der Waals surface area contributed by atoms with E-state index >= 15 is 0 Å². The maximum Gasteiger partial charge on any atom is 0.488 e. The van der Waals surface area contributed by atoms with Gasteiger partial charge in [-0.3, -0.25) is 4.79 Å². The summed E-state index contributed by atoms with van der Waals surface area (Å²) in [5.41, 5.74) is 0.682. The van der Waals surface area contributed by atoms with Crippen molar-refractivity contribution in [1.29, 1.82) is 5.26 Å². The Hall–Kier alpha value is -1.84. The van der Waals surface area contributed by atoms with Crippen LogP contribution < -0.4 is 10.8 Å². The molecule has 1 rings (SSSR count). The van der Waals surface area contributed by atoms with Gasteiger partial charge in [-0.25, -0.2) is 0 Å². The lowest BCUT2D eigenvalue weighted by atomic mass is 9.80. The molecular formula is C9H9BN2O3. The average Bonchev–Trinajstić information content (AvgIpc) is 2.26. The molecule has 0 spiro atoms. The molecule has 15 heavy (non-hydrogen) atoms. The van der Waals surface area contributed by atoms with Crippen molar-refractivity contribution in [3.63, 3.8) is 0 Å². The maximum atomic E-state index is 11.3. The number of nitrogens with zero attached hydrogens (tertiary/aromatic N) is 1. The first-order chi connectivity index (χ1) is 7.15. The third kappa shape index (κ3) is 3.09. The number of nitrogens with one attached hydrogen (secondary N) is 1. The first-order valence-electron chi connectivity index (χ1n) is 4.26. The zero-order valence-electron chi connectivity index (χ0n) is 7.84. The van der Waals surface area contributed by atoms with Crippen LogP contribution in [0.1, 0.15) is 10.4 Å². The summed E-state index contributed by atoms with van der Waals surface area (Å²) in [6.45, 7) is -0.0524. The Morgan fingerprint density at radius 2 is 2.00 bits per heavy atom. The molecule has 6 heteroatoms. The fourth-order valence-corrected chi connectivity index (χ4v) is 1.03. The highest BCUT2D eigenvalue weighted by molar-refractivity contribution is 6.58. The summed E-state index contributed by atoms with van der Waals surface area (Å²) in [5.74, 6) is -0.365. The van der Waals surface area contributed by atoms with E-state index in [0.29, 0.717) is 11.0 Å². The third-order valence-electron chi connectivity index (χ3n) is 1.80. The van der Waals surface area contributed by atoms with Crippen molar-refractivity contribution < 1.29 is 14.8 Å². The number of carbonyl (C=O) groups is 1. The summed E-state index contributed by atoms with van der Waals surface area (Å²) in [6, 6.07) is 7.58. The van der Waals surface area contributed by atoms with E-state index in [1.807, 2.05) is 0 Å². The molecular weight excluding hydrogens is 195 g/mol. The van der Waals surface area contributed by atoms with Crippen molar-refractivity contribution in [3.8, 4) is 6.07 Å². The molecule has 1 amide bonds. The Kier molecular flexibility index (Phi) is 3.86. The number of benzene rings is 1. The van der Waals surface area contributed by atoms with E-state index in [1.165, 1.54) is 24.3 Å². The van der Waals surface area contributed by atoms with E-state index in [0.717, 1.165) is 0 Å². The second-order valence-corrected chi connectivity index (χ2v) is 2.84. The average molecular weight is 204 g/mol. The van der Waals surface area contributed by atoms with Crippen LogP contribution in [0.2, 0.25) is 0 Å². The molecule has 0 aromatic heterocycles. The van der Waals surface area contributed by atoms with Crippen LogP contribution in [0.15, 0.2) is 24.3 Å². The topological polar surface area (TPSA) is 93.4 Å². The summed E-state index contributed by atoms with van der Waals surface area (Å²) in [7, 11) is -1.54. The van der Waals surface area contributed by atoms with E-state index in [2.05, 4.69) is 5.32 Å². The number of nitriles is 1. The summed E-state index contributed by atoms with van der Waals surface area (Å²) in [4.78, 5) is 11.3. The van der Waals surface area contributed by atoms with E-state index in [9.17, 15) is 4.79 Å². The second-order valence-electron chi connectivity index (χ2n) is 2.84. The molecule has 5 nitrogen and oxygen atoms in total. The normalized spacial score (nSPS) is 9.13. The molecule has 0 aliphatic heterocycles. The smallest absolute Gasteiger partial charge is 0.423 e. The van der Waals surface area contributed by atoms with Gasteiger partial charge < -0.3 is 15.4 Å². The van der Waals surface area contributed by atoms with Crippen LogP contribution in [0.3, 0.4) is 0 Å². The van der Waals surface area contributed by atoms with Crippen LogP contribution in [0.25, 0.3) is 0 Å². The molecule has 1 aromatic carbocycles. The van der Waals surface area contributed by atoms with Gasteiger partial charge in [-0.1, -0.05) is 12.1 Å². The van der Waals surface area contributed by atoms with Crippen LogP contribution in [0, 0.1) is 11.3 Å². The molecule has 3 N–H and O–H groups in total. The number of rotatable bonds is 3. The van der Waals surface area contributed by atoms with Gasteiger partial charge in [-0.2, -0.15) is 5.26 Å². The molecule has 0 unspecified atom stereocenters. The predicted molar refractivity (Wildman–Crippen MR) is 54.2 cm³/mol. The van der Waals surface area contributed by atoms with Crippen molar-refractivity contribution in [2.45, 2.75) is 0 Å². The second kappa shape index (κ2) is 5.15. The molecule has 0 aliphatic carbocycles. The predicted octanol–water partition coefficient (Wildman–Crippen LogP) is -1.38. The molecule has 76 valence electrons. The van der Waals surface area contributed by atoms with E-state index in [1.54, 1.807) is 6.07 Å². The highest BCUT2D eigenvalue weighted by Crippen LogP contribution is 1.96. The summed E-state index contributed by atoms with van der Waals surface area (Å²) in [6.07, 6.45) is 0. The molecule has 1 aromatic rings. The molecule has 0 saturated heterocycles. The Labute approximate surface area is 87.1 Å². The lowest BCUT2D eigenvalue weighted by molar-refractivity contribution is 0.0958. The minimum Gasteiger partial charge on any atom is -0.423 e. The first-order valence-corrected chi connectivity index (χ1v) is 4.26. The number of hydrogen-bond acceptors (Lipinski definition) is 4. The zero-order valence-corrected chi connectivity index (χ0v) is 7.84. The van der Waals surface area contributed by atoms with Gasteiger partial charge in [-0.15, -0.1) is 0 Å². The lowest BCUT2D eigenvalue weighted by Crippen LogP contribution is -2.30. The summed E-state index contributed by atoms with van der Waals surface area (Å²) >= 11 is 0. The van der Waals surface area contributed by atoms with Gasteiger partial charge in [0.15, 0.2) is 0 Å². The maximum absolute atomic E-state index is 11.3. The number of amides is 1. The fourth-order valence-electron chi connectivity index (χ4n) is 1.03. The standard InChI is InChI=1S/C9H9BN2O3/c11-5-6-12-9(13)7-1-3-8(4-2-7)10(14)15/h1-4,14-15H,6H2,(H,12,13). The van der Waals surface area contributed by atoms with Crippen molar-refractivity contribution in [2.24, 2.45) is 0 Å². The Bertz CT molecular complexity index is 383. The number of hydrogen-bond donors (Lipinski definition) is 3. The minimum absolute atomic E-state index is 0.0524. The van der Waals surface area contributed by atoms with Gasteiger partial charge in [0.05, 0.1) is 6.07 Å². The van der Waals surface area contributed by atoms with Gasteiger partial charge in [0.1, 0.15) is 6.54 Å². The Balaban J connectivity index is 2.72. The van der Waals surface area contributed by atoms with Gasteiger partial charge in [0, 0.05) is 5.56 Å². The fraction of sp³-hybridized carbons (Fsp3) is 0.111. The summed E-state index contributed by atoms with van der Waals surface area (Å²) in [5, 5.41) is 28.2. The van der Waals surface area contributed by atoms with Crippen LogP contribution in [0.4, 0.5) is 0 Å². The van der Waals surface area contributed by atoms with Crippen LogP contribution in [-0.2, 0) is 0 Å². The van der Waals surface area contributed by atoms with E-state index < -0.39 is 7.12 Å². The first kappa shape index (κ1) is 11.2. The Morgan fingerprint density at radius 3 is 2.47 bits per heavy atom. The van der Waals surface area contributed by atoms with Gasteiger partial charge in [0.25, 0.3) is 5.91 Å². The molecule has 0 aliphatic rings. The van der Waals surface area contributed by atoms with Crippen LogP contribution >= 0.6 is 0 Å². The van der Waals surface area contributed by atoms with E-state index in [4.69, 9.17) is 15.3 Å². The molecule has 0 bridgehead atoms. The minimum atomic E-state index is -1.54. The van der Waals surface area contributed by atoms with Crippen molar-refractivity contribution in [3.05, 3.63) is 29.8 Å². The summed E-state index contributed by atoms with van der Waals surface area (Å²) < 4.78 is 0. The Morgan fingerprint density at radius 1 is 1.40 bits per heavy atom. The largest absolute Gasteiger partial charge is 0.488 e. The molecule has 0 atom stereocenters. The molecule has 0 radical (unpaired) electrons. The van der Waals surface area contributed by atoms with Gasteiger partial charge >= 0.3 is 7.12 Å². The zero-order chi connectivity index (χ0) is 11.3. The highest BCUT2D eigenvalue weighted by Gasteiger charge is 2.11. The monoisotopic (exact) mass is 204 g/mol. The quantitative estimate of drug-likeness (QED) is 0.417. The van der Waals surface area contributed by atoms with Gasteiger partial charge in [0.2, 0.25) is 0 Å². The van der Waals surface area contributed by atoms with Crippen LogP contribution in [-0.4, -0.2) is 29.6 Å². The van der Waals surface area contributed by atoms with Crippen molar-refractivity contribution >= 4 is 18.5 Å². The van der Waals surface area contributed by atoms with Gasteiger partial charge in [-0.05, 0) is 17.6 Å². The SMILES string of the molecule is N#CCNC(=O)c1ccc(B(O)O)cc1. The van der Waals surface area contributed by atoms with E-state index in [-0.39, 0.29) is 12.5 Å². The highest BCUT2D eigenvalue weighted by atomic mass is 16.4. The van der Waals surface area contributed by atoms with Crippen LogP contribution in [0.5, 0.6) is 0 Å². The molecule has 0 heterocycles. The van der Waals surface area contributed by atoms with Crippen molar-refractivity contribution in [2.75, 3.05) is 6.54 Å². The third-order valence-corrected chi connectivity index (χ3v) is 1.80. The molecule has 0 fully saturated rings. The molecule has 0 saturated carbocycles. The number of carbonyl (C=O) groups excluding carboxylic acids is 1.